The van der Waals surface area contributed by atoms with Crippen molar-refractivity contribution in [1.29, 1.82) is 0 Å². The van der Waals surface area contributed by atoms with Crippen molar-refractivity contribution >= 4 is 28.2 Å². The molecule has 9 heteroatoms. The maximum absolute atomic E-state index is 12.7. The number of benzene rings is 2. The number of nitro benzene ring substituents is 1. The summed E-state index contributed by atoms with van der Waals surface area (Å²) in [6, 6.07) is 15.3. The molecule has 0 aliphatic heterocycles. The molecule has 1 N–H and O–H groups in total. The number of aromatic nitrogens is 3. The van der Waals surface area contributed by atoms with E-state index in [0.29, 0.717) is 29.6 Å². The van der Waals surface area contributed by atoms with E-state index < -0.39 is 4.92 Å². The lowest BCUT2D eigenvalue weighted by Gasteiger charge is -2.10. The van der Waals surface area contributed by atoms with Gasteiger partial charge in [-0.25, -0.2) is 0 Å². The molecule has 30 heavy (non-hydrogen) atoms. The summed E-state index contributed by atoms with van der Waals surface area (Å²) in [6.07, 6.45) is 1.58. The largest absolute Gasteiger partial charge is 0.419 e. The minimum Gasteiger partial charge on any atom is -0.419 e. The van der Waals surface area contributed by atoms with Crippen LogP contribution in [-0.4, -0.2) is 25.6 Å². The van der Waals surface area contributed by atoms with Crippen LogP contribution in [0.4, 0.5) is 11.4 Å². The number of nitrogens with one attached hydrogen (secondary N) is 1. The van der Waals surface area contributed by atoms with Crippen molar-refractivity contribution in [2.24, 2.45) is 0 Å². The van der Waals surface area contributed by atoms with Gasteiger partial charge < -0.3 is 14.3 Å². The van der Waals surface area contributed by atoms with Gasteiger partial charge in [0, 0.05) is 35.1 Å². The number of fused-ring (bicyclic) bond motifs is 1. The molecule has 0 atom stereocenters. The number of hydrogen-bond donors (Lipinski definition) is 1. The topological polar surface area (TPSA) is 116 Å². The molecule has 0 radical (unpaired) electrons. The molecular formula is C21H19N5O4. The highest BCUT2D eigenvalue weighted by Crippen LogP contribution is 2.28. The smallest absolute Gasteiger partial charge is 0.269 e. The lowest BCUT2D eigenvalue weighted by Crippen LogP contribution is -2.19. The standard InChI is InChI=1S/C21H19N5O4/c1-2-5-20-23-24-21(30-20)18-12-14-6-3-4-7-17(14)25(18)13-19(27)22-15-8-10-16(11-9-15)26(28)29/h3-4,6-12H,2,5,13H2,1H3,(H,22,27). The zero-order chi connectivity index (χ0) is 21.1. The van der Waals surface area contributed by atoms with E-state index in [-0.39, 0.29) is 18.1 Å². The number of anilines is 1. The third-order valence-corrected chi connectivity index (χ3v) is 4.62. The average Bonchev–Trinajstić information content (AvgIpc) is 3.33. The minimum absolute atomic E-state index is 0.0192. The fraction of sp³-hybridized carbons (Fsp3) is 0.190. The van der Waals surface area contributed by atoms with Crippen molar-refractivity contribution in [2.75, 3.05) is 5.32 Å². The van der Waals surface area contributed by atoms with Gasteiger partial charge in [0.05, 0.1) is 4.92 Å². The van der Waals surface area contributed by atoms with Crippen LogP contribution in [0.15, 0.2) is 59.0 Å². The Bertz CT molecular complexity index is 1210. The quantitative estimate of drug-likeness (QED) is 0.364. The van der Waals surface area contributed by atoms with Gasteiger partial charge >= 0.3 is 0 Å². The normalized spacial score (nSPS) is 11.0. The SMILES string of the molecule is CCCc1nnc(-c2cc3ccccc3n2CC(=O)Nc2ccc([N+](=O)[O-])cc2)o1. The van der Waals surface area contributed by atoms with Gasteiger partial charge in [0.2, 0.25) is 11.8 Å². The number of aryl methyl sites for hydroxylation is 1. The zero-order valence-corrected chi connectivity index (χ0v) is 16.2. The van der Waals surface area contributed by atoms with E-state index in [1.54, 1.807) is 0 Å². The lowest BCUT2D eigenvalue weighted by atomic mass is 10.2. The predicted molar refractivity (Wildman–Crippen MR) is 111 cm³/mol. The Labute approximate surface area is 171 Å². The number of carbonyl (C=O) groups is 1. The average molecular weight is 405 g/mol. The summed E-state index contributed by atoms with van der Waals surface area (Å²) in [5, 5.41) is 22.7. The minimum atomic E-state index is -0.485. The summed E-state index contributed by atoms with van der Waals surface area (Å²) in [5.41, 5.74) is 1.96. The van der Waals surface area contributed by atoms with E-state index in [9.17, 15) is 14.9 Å². The summed E-state index contributed by atoms with van der Waals surface area (Å²) in [6.45, 7) is 2.05. The summed E-state index contributed by atoms with van der Waals surface area (Å²) in [4.78, 5) is 23.0. The monoisotopic (exact) mass is 405 g/mol. The number of hydrogen-bond acceptors (Lipinski definition) is 6. The molecule has 2 aromatic carbocycles. The van der Waals surface area contributed by atoms with Gasteiger partial charge in [-0.05, 0) is 30.7 Å². The molecule has 9 nitrogen and oxygen atoms in total. The van der Waals surface area contributed by atoms with Gasteiger partial charge in [0.1, 0.15) is 12.2 Å². The molecule has 1 amide bonds. The van der Waals surface area contributed by atoms with Crippen LogP contribution in [0.1, 0.15) is 19.2 Å². The van der Waals surface area contributed by atoms with E-state index in [1.807, 2.05) is 41.8 Å². The second kappa shape index (κ2) is 8.16. The molecule has 0 saturated heterocycles. The molecule has 0 aliphatic carbocycles. The van der Waals surface area contributed by atoms with Crippen molar-refractivity contribution in [3.63, 3.8) is 0 Å². The highest BCUT2D eigenvalue weighted by molar-refractivity contribution is 5.93. The third kappa shape index (κ3) is 3.90. The van der Waals surface area contributed by atoms with Crippen molar-refractivity contribution in [3.05, 3.63) is 70.6 Å². The van der Waals surface area contributed by atoms with E-state index in [4.69, 9.17) is 4.42 Å². The number of rotatable bonds is 7. The Balaban J connectivity index is 1.62. The van der Waals surface area contributed by atoms with Crippen molar-refractivity contribution in [3.8, 4) is 11.6 Å². The fourth-order valence-corrected chi connectivity index (χ4v) is 3.24. The van der Waals surface area contributed by atoms with Gasteiger partial charge in [0.15, 0.2) is 0 Å². The molecule has 0 unspecified atom stereocenters. The molecule has 2 heterocycles. The third-order valence-electron chi connectivity index (χ3n) is 4.62. The van der Waals surface area contributed by atoms with Crippen molar-refractivity contribution in [1.82, 2.24) is 14.8 Å². The van der Waals surface area contributed by atoms with E-state index in [2.05, 4.69) is 15.5 Å². The van der Waals surface area contributed by atoms with Gasteiger partial charge in [-0.1, -0.05) is 25.1 Å². The van der Waals surface area contributed by atoms with Crippen LogP contribution in [0.5, 0.6) is 0 Å². The van der Waals surface area contributed by atoms with Crippen molar-refractivity contribution < 1.29 is 14.1 Å². The number of amides is 1. The predicted octanol–water partition coefficient (Wildman–Crippen LogP) is 4.19. The van der Waals surface area contributed by atoms with Crippen LogP contribution in [0.25, 0.3) is 22.5 Å². The van der Waals surface area contributed by atoms with Crippen LogP contribution < -0.4 is 5.32 Å². The molecule has 4 aromatic rings. The summed E-state index contributed by atoms with van der Waals surface area (Å²) in [5.74, 6) is 0.636. The van der Waals surface area contributed by atoms with Crippen LogP contribution >= 0.6 is 0 Å². The summed E-state index contributed by atoms with van der Waals surface area (Å²) >= 11 is 0. The van der Waals surface area contributed by atoms with E-state index in [0.717, 1.165) is 17.3 Å². The maximum atomic E-state index is 12.7. The zero-order valence-electron chi connectivity index (χ0n) is 16.2. The summed E-state index contributed by atoms with van der Waals surface area (Å²) < 4.78 is 7.60. The Kier molecular flexibility index (Phi) is 5.25. The Morgan fingerprint density at radius 1 is 1.17 bits per heavy atom. The van der Waals surface area contributed by atoms with Gasteiger partial charge in [-0.2, -0.15) is 0 Å². The Hall–Kier alpha value is -4.01. The van der Waals surface area contributed by atoms with Gasteiger partial charge in [0.25, 0.3) is 11.6 Å². The van der Waals surface area contributed by atoms with Crippen LogP contribution in [-0.2, 0) is 17.8 Å². The molecule has 152 valence electrons. The number of para-hydroxylation sites is 1. The van der Waals surface area contributed by atoms with E-state index in [1.165, 1.54) is 24.3 Å². The molecule has 0 bridgehead atoms. The maximum Gasteiger partial charge on any atom is 0.269 e. The Morgan fingerprint density at radius 2 is 1.93 bits per heavy atom. The molecule has 0 saturated carbocycles. The number of carbonyl (C=O) groups excluding carboxylic acids is 1. The second-order valence-corrected chi connectivity index (χ2v) is 6.78. The van der Waals surface area contributed by atoms with Gasteiger partial charge in [-0.15, -0.1) is 10.2 Å². The molecule has 0 aliphatic rings. The van der Waals surface area contributed by atoms with Crippen LogP contribution in [0.2, 0.25) is 0 Å². The van der Waals surface area contributed by atoms with Crippen molar-refractivity contribution in [2.45, 2.75) is 26.3 Å². The molecule has 0 spiro atoms. The van der Waals surface area contributed by atoms with Crippen LogP contribution in [0.3, 0.4) is 0 Å². The molecule has 4 rings (SSSR count). The van der Waals surface area contributed by atoms with E-state index >= 15 is 0 Å². The van der Waals surface area contributed by atoms with Crippen LogP contribution in [0, 0.1) is 10.1 Å². The number of non-ortho nitro benzene ring substituents is 1. The highest BCUT2D eigenvalue weighted by Gasteiger charge is 2.18. The number of nitrogens with zero attached hydrogens (tertiary/aromatic N) is 4. The molecule has 0 fully saturated rings. The molecular weight excluding hydrogens is 386 g/mol. The highest BCUT2D eigenvalue weighted by atomic mass is 16.6. The first-order valence-corrected chi connectivity index (χ1v) is 9.50. The van der Waals surface area contributed by atoms with Gasteiger partial charge in [-0.3, -0.25) is 14.9 Å². The Morgan fingerprint density at radius 3 is 2.67 bits per heavy atom. The summed E-state index contributed by atoms with van der Waals surface area (Å²) in [7, 11) is 0. The second-order valence-electron chi connectivity index (χ2n) is 6.78. The first kappa shape index (κ1) is 19.3. The lowest BCUT2D eigenvalue weighted by molar-refractivity contribution is -0.384. The first-order valence-electron chi connectivity index (χ1n) is 9.50. The number of nitro groups is 1. The molecule has 2 aromatic heterocycles. The first-order chi connectivity index (χ1) is 14.5. The fourth-order valence-electron chi connectivity index (χ4n) is 3.24.